The number of hydrazone groups is 1. The van der Waals surface area contributed by atoms with Crippen molar-refractivity contribution >= 4 is 34.5 Å². The summed E-state index contributed by atoms with van der Waals surface area (Å²) in [5, 5.41) is 24.8. The molecular weight excluding hydrogens is 328 g/mol. The van der Waals surface area contributed by atoms with Crippen molar-refractivity contribution < 1.29 is 15.0 Å². The third kappa shape index (κ3) is 3.16. The van der Waals surface area contributed by atoms with E-state index in [4.69, 9.17) is 11.6 Å². The number of phenolic OH excluding ortho intramolecular Hbond substituents is 2. The Morgan fingerprint density at radius 1 is 1.00 bits per heavy atom. The van der Waals surface area contributed by atoms with E-state index in [1.165, 1.54) is 24.4 Å². The largest absolute Gasteiger partial charge is 0.507 e. The van der Waals surface area contributed by atoms with Crippen molar-refractivity contribution in [1.29, 1.82) is 0 Å². The number of halogens is 1. The number of aromatic hydroxyl groups is 2. The lowest BCUT2D eigenvalue weighted by molar-refractivity contribution is 0.0955. The lowest BCUT2D eigenvalue weighted by Crippen LogP contribution is -2.17. The van der Waals surface area contributed by atoms with Gasteiger partial charge in [-0.25, -0.2) is 5.43 Å². The first-order chi connectivity index (χ1) is 11.6. The molecule has 0 saturated heterocycles. The van der Waals surface area contributed by atoms with Crippen LogP contribution >= 0.6 is 11.6 Å². The van der Waals surface area contributed by atoms with Gasteiger partial charge in [-0.2, -0.15) is 5.10 Å². The molecule has 3 rings (SSSR count). The molecule has 0 aliphatic rings. The molecule has 120 valence electrons. The normalized spacial score (nSPS) is 11.0. The number of hydrogen-bond donors (Lipinski definition) is 3. The Labute approximate surface area is 142 Å². The van der Waals surface area contributed by atoms with Gasteiger partial charge >= 0.3 is 0 Å². The van der Waals surface area contributed by atoms with Crippen LogP contribution in [0.4, 0.5) is 0 Å². The van der Waals surface area contributed by atoms with Gasteiger partial charge in [-0.05, 0) is 35.7 Å². The van der Waals surface area contributed by atoms with Crippen LogP contribution in [0.15, 0.2) is 59.7 Å². The lowest BCUT2D eigenvalue weighted by atomic mass is 10.0. The SMILES string of the molecule is O=C(NN=Cc1ccc(O)c2ccccc12)c1ccc(O)c(Cl)c1. The molecule has 24 heavy (non-hydrogen) atoms. The molecule has 0 aromatic heterocycles. The van der Waals surface area contributed by atoms with Crippen LogP contribution in [0, 0.1) is 0 Å². The summed E-state index contributed by atoms with van der Waals surface area (Å²) >= 11 is 5.78. The molecule has 6 heteroatoms. The highest BCUT2D eigenvalue weighted by atomic mass is 35.5. The van der Waals surface area contributed by atoms with Crippen molar-refractivity contribution in [2.24, 2.45) is 5.10 Å². The molecule has 3 aromatic carbocycles. The van der Waals surface area contributed by atoms with E-state index in [0.717, 1.165) is 10.9 Å². The van der Waals surface area contributed by atoms with Gasteiger partial charge in [-0.3, -0.25) is 4.79 Å². The monoisotopic (exact) mass is 340 g/mol. The van der Waals surface area contributed by atoms with E-state index < -0.39 is 5.91 Å². The first-order valence-electron chi connectivity index (χ1n) is 7.09. The van der Waals surface area contributed by atoms with Gasteiger partial charge < -0.3 is 10.2 Å². The molecule has 0 bridgehead atoms. The quantitative estimate of drug-likeness (QED) is 0.502. The summed E-state index contributed by atoms with van der Waals surface area (Å²) in [6, 6.07) is 14.8. The summed E-state index contributed by atoms with van der Waals surface area (Å²) in [5.74, 6) is -0.353. The Bertz CT molecular complexity index is 954. The Kier molecular flexibility index (Phi) is 4.35. The minimum Gasteiger partial charge on any atom is -0.507 e. The first-order valence-corrected chi connectivity index (χ1v) is 7.46. The molecule has 0 atom stereocenters. The fourth-order valence-corrected chi connectivity index (χ4v) is 2.47. The molecule has 0 unspecified atom stereocenters. The highest BCUT2D eigenvalue weighted by molar-refractivity contribution is 6.32. The zero-order chi connectivity index (χ0) is 17.1. The summed E-state index contributed by atoms with van der Waals surface area (Å²) < 4.78 is 0. The molecule has 0 aliphatic heterocycles. The number of amides is 1. The fourth-order valence-electron chi connectivity index (χ4n) is 2.29. The third-order valence-electron chi connectivity index (χ3n) is 3.51. The fraction of sp³-hybridized carbons (Fsp3) is 0. The van der Waals surface area contributed by atoms with Crippen LogP contribution in [-0.4, -0.2) is 22.3 Å². The lowest BCUT2D eigenvalue weighted by Gasteiger charge is -2.04. The molecular formula is C18H13ClN2O3. The van der Waals surface area contributed by atoms with Crippen LogP contribution in [-0.2, 0) is 0 Å². The molecule has 3 N–H and O–H groups in total. The average molecular weight is 341 g/mol. The summed E-state index contributed by atoms with van der Waals surface area (Å²) in [6.45, 7) is 0. The molecule has 1 amide bonds. The van der Waals surface area contributed by atoms with E-state index in [1.807, 2.05) is 18.2 Å². The maximum Gasteiger partial charge on any atom is 0.271 e. The van der Waals surface area contributed by atoms with Crippen molar-refractivity contribution in [3.63, 3.8) is 0 Å². The van der Waals surface area contributed by atoms with Gasteiger partial charge in [0.1, 0.15) is 11.5 Å². The van der Waals surface area contributed by atoms with Crippen molar-refractivity contribution in [3.8, 4) is 11.5 Å². The molecule has 0 spiro atoms. The van der Waals surface area contributed by atoms with Gasteiger partial charge in [0.05, 0.1) is 11.2 Å². The second kappa shape index (κ2) is 6.60. The van der Waals surface area contributed by atoms with Crippen LogP contribution in [0.25, 0.3) is 10.8 Å². The highest BCUT2D eigenvalue weighted by Crippen LogP contribution is 2.26. The van der Waals surface area contributed by atoms with E-state index in [-0.39, 0.29) is 22.1 Å². The number of rotatable bonds is 3. The minimum absolute atomic E-state index is 0.0905. The van der Waals surface area contributed by atoms with Gasteiger partial charge in [-0.15, -0.1) is 0 Å². The van der Waals surface area contributed by atoms with Gasteiger partial charge in [0.15, 0.2) is 0 Å². The Morgan fingerprint density at radius 2 is 1.71 bits per heavy atom. The topological polar surface area (TPSA) is 81.9 Å². The van der Waals surface area contributed by atoms with Crippen molar-refractivity contribution in [2.45, 2.75) is 0 Å². The molecule has 3 aromatic rings. The molecule has 0 heterocycles. The second-order valence-corrected chi connectivity index (χ2v) is 5.49. The number of fused-ring (bicyclic) bond motifs is 1. The van der Waals surface area contributed by atoms with Crippen LogP contribution in [0.2, 0.25) is 5.02 Å². The van der Waals surface area contributed by atoms with Gasteiger partial charge in [0.2, 0.25) is 0 Å². The average Bonchev–Trinajstić information content (AvgIpc) is 2.59. The smallest absolute Gasteiger partial charge is 0.271 e. The van der Waals surface area contributed by atoms with Gasteiger partial charge in [-0.1, -0.05) is 35.9 Å². The summed E-state index contributed by atoms with van der Waals surface area (Å²) in [4.78, 5) is 12.0. The number of nitrogens with one attached hydrogen (secondary N) is 1. The van der Waals surface area contributed by atoms with Gasteiger partial charge in [0.25, 0.3) is 5.91 Å². The van der Waals surface area contributed by atoms with Crippen LogP contribution in [0.1, 0.15) is 15.9 Å². The number of nitrogens with zero attached hydrogens (tertiary/aromatic N) is 1. The number of phenols is 2. The predicted octanol–water partition coefficient (Wildman–Crippen LogP) is 3.67. The van der Waals surface area contributed by atoms with E-state index in [0.29, 0.717) is 5.39 Å². The van der Waals surface area contributed by atoms with Crippen LogP contribution in [0.5, 0.6) is 11.5 Å². The maximum atomic E-state index is 12.0. The number of hydrogen-bond acceptors (Lipinski definition) is 4. The van der Waals surface area contributed by atoms with Crippen LogP contribution < -0.4 is 5.43 Å². The second-order valence-electron chi connectivity index (χ2n) is 5.08. The Morgan fingerprint density at radius 3 is 2.46 bits per heavy atom. The van der Waals surface area contributed by atoms with Crippen molar-refractivity contribution in [2.75, 3.05) is 0 Å². The molecule has 5 nitrogen and oxygen atoms in total. The van der Waals surface area contributed by atoms with E-state index in [9.17, 15) is 15.0 Å². The molecule has 0 aliphatic carbocycles. The Balaban J connectivity index is 1.80. The zero-order valence-electron chi connectivity index (χ0n) is 12.4. The molecule has 0 fully saturated rings. The van der Waals surface area contributed by atoms with E-state index >= 15 is 0 Å². The summed E-state index contributed by atoms with van der Waals surface area (Å²) in [6.07, 6.45) is 1.50. The van der Waals surface area contributed by atoms with Crippen LogP contribution in [0.3, 0.4) is 0 Å². The summed E-state index contributed by atoms with van der Waals surface area (Å²) in [7, 11) is 0. The minimum atomic E-state index is -0.448. The zero-order valence-corrected chi connectivity index (χ0v) is 13.2. The van der Waals surface area contributed by atoms with E-state index in [1.54, 1.807) is 18.2 Å². The van der Waals surface area contributed by atoms with Crippen molar-refractivity contribution in [1.82, 2.24) is 5.43 Å². The Hall–Kier alpha value is -3.05. The third-order valence-corrected chi connectivity index (χ3v) is 3.82. The molecule has 0 radical (unpaired) electrons. The first kappa shape index (κ1) is 15.8. The number of benzene rings is 3. The summed E-state index contributed by atoms with van der Waals surface area (Å²) in [5.41, 5.74) is 3.44. The molecule has 0 saturated carbocycles. The van der Waals surface area contributed by atoms with Crippen molar-refractivity contribution in [3.05, 3.63) is 70.7 Å². The van der Waals surface area contributed by atoms with E-state index in [2.05, 4.69) is 10.5 Å². The van der Waals surface area contributed by atoms with Gasteiger partial charge in [0, 0.05) is 16.5 Å². The standard InChI is InChI=1S/C18H13ClN2O3/c19-15-9-11(5-8-17(15)23)18(24)21-20-10-12-6-7-16(22)14-4-2-1-3-13(12)14/h1-10,22-23H,(H,21,24). The maximum absolute atomic E-state index is 12.0. The number of carbonyl (C=O) groups excluding carboxylic acids is 1. The highest BCUT2D eigenvalue weighted by Gasteiger charge is 2.07. The number of carbonyl (C=O) groups is 1. The predicted molar refractivity (Wildman–Crippen MR) is 93.8 cm³/mol.